The van der Waals surface area contributed by atoms with Gasteiger partial charge in [-0.05, 0) is 24.1 Å². The van der Waals surface area contributed by atoms with Crippen molar-refractivity contribution in [1.29, 1.82) is 0 Å². The first kappa shape index (κ1) is 18.9. The van der Waals surface area contributed by atoms with E-state index >= 15 is 0 Å². The average molecular weight is 386 g/mol. The zero-order valence-electron chi connectivity index (χ0n) is 16.1. The van der Waals surface area contributed by atoms with Crippen molar-refractivity contribution >= 4 is 17.5 Å². The van der Waals surface area contributed by atoms with Crippen LogP contribution in [-0.2, 0) is 21.7 Å². The molecule has 29 heavy (non-hydrogen) atoms. The fourth-order valence-electron chi connectivity index (χ4n) is 3.66. The van der Waals surface area contributed by atoms with Crippen molar-refractivity contribution in [2.24, 2.45) is 0 Å². The normalized spacial score (nSPS) is 17.9. The number of amides is 2. The second kappa shape index (κ2) is 7.53. The van der Waals surface area contributed by atoms with E-state index in [2.05, 4.69) is 5.32 Å². The number of carbonyl (C=O) groups excluding carboxylic acids is 2. The van der Waals surface area contributed by atoms with Gasteiger partial charge in [0.2, 0.25) is 5.91 Å². The number of fused-ring (bicyclic) bond motifs is 1. The minimum atomic E-state index is -1.80. The molecular weight excluding hydrogens is 364 g/mol. The van der Waals surface area contributed by atoms with E-state index in [0.717, 1.165) is 11.1 Å². The van der Waals surface area contributed by atoms with E-state index in [1.54, 1.807) is 48.5 Å². The Kier molecular flexibility index (Phi) is 4.91. The number of anilines is 1. The Morgan fingerprint density at radius 2 is 1.62 bits per heavy atom. The summed E-state index contributed by atoms with van der Waals surface area (Å²) in [7, 11) is 0. The lowest BCUT2D eigenvalue weighted by Crippen LogP contribution is -2.45. The van der Waals surface area contributed by atoms with Crippen molar-refractivity contribution in [3.8, 4) is 0 Å². The first-order valence-corrected chi connectivity index (χ1v) is 9.52. The maximum Gasteiger partial charge on any atom is 0.268 e. The van der Waals surface area contributed by atoms with E-state index in [9.17, 15) is 14.7 Å². The van der Waals surface area contributed by atoms with Gasteiger partial charge < -0.3 is 10.4 Å². The number of nitrogens with one attached hydrogen (secondary N) is 1. The van der Waals surface area contributed by atoms with Crippen LogP contribution in [0.2, 0.25) is 0 Å². The molecule has 1 aliphatic rings. The van der Waals surface area contributed by atoms with Crippen molar-refractivity contribution in [1.82, 2.24) is 5.32 Å². The fraction of sp³-hybridized carbons (Fsp3) is 0.167. The highest BCUT2D eigenvalue weighted by Gasteiger charge is 2.51. The maximum atomic E-state index is 13.2. The van der Waals surface area contributed by atoms with Gasteiger partial charge in [0.1, 0.15) is 6.54 Å². The molecule has 146 valence electrons. The van der Waals surface area contributed by atoms with E-state index in [0.29, 0.717) is 23.4 Å². The molecule has 0 saturated carbocycles. The molecular formula is C24H22N2O3. The number of aryl methyl sites for hydroxylation is 1. The Balaban J connectivity index is 1.56. The highest BCUT2D eigenvalue weighted by Crippen LogP contribution is 2.44. The molecule has 0 unspecified atom stereocenters. The lowest BCUT2D eigenvalue weighted by atomic mass is 9.88. The van der Waals surface area contributed by atoms with Crippen LogP contribution >= 0.6 is 0 Å². The Labute approximate surface area is 169 Å². The molecule has 3 aromatic rings. The zero-order chi connectivity index (χ0) is 20.4. The fourth-order valence-corrected chi connectivity index (χ4v) is 3.66. The van der Waals surface area contributed by atoms with Crippen molar-refractivity contribution in [2.45, 2.75) is 19.1 Å². The van der Waals surface area contributed by atoms with Gasteiger partial charge in [0.25, 0.3) is 5.91 Å². The molecule has 0 spiro atoms. The van der Waals surface area contributed by atoms with Gasteiger partial charge in [-0.3, -0.25) is 14.5 Å². The summed E-state index contributed by atoms with van der Waals surface area (Å²) in [5, 5.41) is 14.2. The molecule has 2 N–H and O–H groups in total. The number of aliphatic hydroxyl groups is 1. The highest BCUT2D eigenvalue weighted by atomic mass is 16.3. The Bertz CT molecular complexity index is 1050. The van der Waals surface area contributed by atoms with Crippen LogP contribution in [0.25, 0.3) is 0 Å². The van der Waals surface area contributed by atoms with Crippen molar-refractivity contribution < 1.29 is 14.7 Å². The minimum Gasteiger partial charge on any atom is -0.372 e. The van der Waals surface area contributed by atoms with Crippen LogP contribution in [0.4, 0.5) is 5.69 Å². The van der Waals surface area contributed by atoms with E-state index < -0.39 is 11.5 Å². The van der Waals surface area contributed by atoms with E-state index in [1.807, 2.05) is 37.3 Å². The van der Waals surface area contributed by atoms with Crippen molar-refractivity contribution in [2.75, 3.05) is 11.4 Å². The maximum absolute atomic E-state index is 13.2. The molecule has 2 amide bonds. The summed E-state index contributed by atoms with van der Waals surface area (Å²) in [5.74, 6) is -0.804. The first-order valence-electron chi connectivity index (χ1n) is 9.52. The van der Waals surface area contributed by atoms with Gasteiger partial charge in [-0.1, -0.05) is 78.4 Å². The number of benzene rings is 3. The molecule has 0 radical (unpaired) electrons. The number of nitrogens with zero attached hydrogens (tertiary/aromatic N) is 1. The molecule has 5 nitrogen and oxygen atoms in total. The van der Waals surface area contributed by atoms with Gasteiger partial charge >= 0.3 is 0 Å². The summed E-state index contributed by atoms with van der Waals surface area (Å²) < 4.78 is 0. The largest absolute Gasteiger partial charge is 0.372 e. The molecule has 1 aliphatic heterocycles. The number of para-hydroxylation sites is 1. The lowest BCUT2D eigenvalue weighted by Gasteiger charge is -2.23. The number of hydrogen-bond acceptors (Lipinski definition) is 3. The second-order valence-electron chi connectivity index (χ2n) is 7.25. The summed E-state index contributed by atoms with van der Waals surface area (Å²) in [4.78, 5) is 27.1. The number of rotatable bonds is 5. The van der Waals surface area contributed by atoms with Crippen LogP contribution in [0.1, 0.15) is 22.3 Å². The lowest BCUT2D eigenvalue weighted by molar-refractivity contribution is -0.133. The monoisotopic (exact) mass is 386 g/mol. The summed E-state index contributed by atoms with van der Waals surface area (Å²) >= 11 is 0. The molecule has 0 aromatic heterocycles. The van der Waals surface area contributed by atoms with Crippen LogP contribution in [0.15, 0.2) is 78.9 Å². The minimum absolute atomic E-state index is 0.156. The molecule has 0 fully saturated rings. The predicted molar refractivity (Wildman–Crippen MR) is 111 cm³/mol. The van der Waals surface area contributed by atoms with Gasteiger partial charge in [-0.25, -0.2) is 0 Å². The molecule has 0 bridgehead atoms. The molecule has 0 saturated heterocycles. The third-order valence-electron chi connectivity index (χ3n) is 5.24. The Hall–Kier alpha value is -3.44. The van der Waals surface area contributed by atoms with Crippen LogP contribution in [0.5, 0.6) is 0 Å². The molecule has 3 aromatic carbocycles. The van der Waals surface area contributed by atoms with Crippen LogP contribution in [0, 0.1) is 6.92 Å². The van der Waals surface area contributed by atoms with Gasteiger partial charge in [-0.2, -0.15) is 0 Å². The first-order chi connectivity index (χ1) is 14.0. The van der Waals surface area contributed by atoms with Crippen molar-refractivity contribution in [3.05, 3.63) is 101 Å². The van der Waals surface area contributed by atoms with Gasteiger partial charge in [0.05, 0.1) is 5.69 Å². The summed E-state index contributed by atoms with van der Waals surface area (Å²) in [6.45, 7) is 2.23. The van der Waals surface area contributed by atoms with E-state index in [1.165, 1.54) is 4.90 Å². The molecule has 5 heteroatoms. The Morgan fingerprint density at radius 3 is 2.34 bits per heavy atom. The zero-order valence-corrected chi connectivity index (χ0v) is 16.1. The van der Waals surface area contributed by atoms with Gasteiger partial charge in [0.15, 0.2) is 5.60 Å². The molecule has 1 atom stereocenters. The summed E-state index contributed by atoms with van der Waals surface area (Å²) in [6, 6.07) is 23.8. The Morgan fingerprint density at radius 1 is 0.966 bits per heavy atom. The van der Waals surface area contributed by atoms with E-state index in [-0.39, 0.29) is 12.5 Å². The SMILES string of the molecule is Cc1ccc(CNC(=O)CN2C(=O)[C@@](O)(c3ccccc3)c3ccccc32)cc1. The quantitative estimate of drug-likeness (QED) is 0.708. The van der Waals surface area contributed by atoms with E-state index in [4.69, 9.17) is 0 Å². The summed E-state index contributed by atoms with van der Waals surface area (Å²) in [5.41, 5.74) is 1.86. The van der Waals surface area contributed by atoms with Gasteiger partial charge in [0, 0.05) is 12.1 Å². The van der Waals surface area contributed by atoms with Crippen LogP contribution in [0.3, 0.4) is 0 Å². The third kappa shape index (κ3) is 3.41. The predicted octanol–water partition coefficient (Wildman–Crippen LogP) is 2.89. The van der Waals surface area contributed by atoms with Gasteiger partial charge in [-0.15, -0.1) is 0 Å². The molecule has 4 rings (SSSR count). The van der Waals surface area contributed by atoms with Crippen LogP contribution in [-0.4, -0.2) is 23.5 Å². The highest BCUT2D eigenvalue weighted by molar-refractivity contribution is 6.11. The van der Waals surface area contributed by atoms with Crippen LogP contribution < -0.4 is 10.2 Å². The molecule has 1 heterocycles. The van der Waals surface area contributed by atoms with Crippen molar-refractivity contribution in [3.63, 3.8) is 0 Å². The second-order valence-corrected chi connectivity index (χ2v) is 7.25. The summed E-state index contributed by atoms with van der Waals surface area (Å²) in [6.07, 6.45) is 0. The molecule has 0 aliphatic carbocycles. The number of carbonyl (C=O) groups is 2. The average Bonchev–Trinajstić information content (AvgIpc) is 2.97. The third-order valence-corrected chi connectivity index (χ3v) is 5.24. The number of hydrogen-bond donors (Lipinski definition) is 2. The smallest absolute Gasteiger partial charge is 0.268 e. The topological polar surface area (TPSA) is 69.6 Å². The standard InChI is InChI=1S/C24H22N2O3/c1-17-11-13-18(14-12-17)15-25-22(27)16-26-21-10-6-5-9-20(21)24(29,23(26)28)19-7-3-2-4-8-19/h2-14,29H,15-16H2,1H3,(H,25,27)/t24-/m1/s1.